The lowest BCUT2D eigenvalue weighted by Crippen LogP contribution is -2.37. The van der Waals surface area contributed by atoms with E-state index in [0.29, 0.717) is 10.9 Å². The van der Waals surface area contributed by atoms with E-state index in [1.54, 1.807) is 10.8 Å². The van der Waals surface area contributed by atoms with E-state index < -0.39 is 11.7 Å². The number of amides is 2. The number of hydrogen-bond donors (Lipinski definition) is 1. The maximum absolute atomic E-state index is 12.6. The zero-order valence-electron chi connectivity index (χ0n) is 15.3. The lowest BCUT2D eigenvalue weighted by molar-refractivity contribution is -0.130. The number of carbonyl (C=O) groups is 3. The highest BCUT2D eigenvalue weighted by Crippen LogP contribution is 2.22. The molecule has 2 amide bonds. The molecule has 1 aromatic carbocycles. The molecule has 1 N–H and O–H groups in total. The van der Waals surface area contributed by atoms with E-state index in [0.717, 1.165) is 37.9 Å². The molecule has 138 valence electrons. The smallest absolute Gasteiger partial charge is 0.292 e. The summed E-state index contributed by atoms with van der Waals surface area (Å²) < 4.78 is 1.78. The van der Waals surface area contributed by atoms with Crippen LogP contribution in [0.2, 0.25) is 0 Å². The Labute approximate surface area is 153 Å². The molecule has 1 aliphatic heterocycles. The van der Waals surface area contributed by atoms with Gasteiger partial charge in [0.1, 0.15) is 6.54 Å². The highest BCUT2D eigenvalue weighted by Gasteiger charge is 2.24. The Hall–Kier alpha value is -2.63. The monoisotopic (exact) mass is 355 g/mol. The predicted molar refractivity (Wildman–Crippen MR) is 100.0 cm³/mol. The van der Waals surface area contributed by atoms with Crippen molar-refractivity contribution in [3.05, 3.63) is 36.0 Å². The summed E-state index contributed by atoms with van der Waals surface area (Å²) in [7, 11) is 0. The van der Waals surface area contributed by atoms with Gasteiger partial charge >= 0.3 is 0 Å². The number of rotatable bonds is 6. The Kier molecular flexibility index (Phi) is 5.40. The molecule has 1 atom stereocenters. The largest absolute Gasteiger partial charge is 0.347 e. The van der Waals surface area contributed by atoms with Crippen molar-refractivity contribution in [2.45, 2.75) is 45.7 Å². The van der Waals surface area contributed by atoms with Gasteiger partial charge < -0.3 is 14.8 Å². The second-order valence-corrected chi connectivity index (χ2v) is 6.89. The van der Waals surface area contributed by atoms with Crippen LogP contribution in [-0.4, -0.2) is 46.2 Å². The molecule has 0 saturated carbocycles. The topological polar surface area (TPSA) is 71.4 Å². The number of ketones is 1. The molecule has 0 radical (unpaired) electrons. The molecule has 2 heterocycles. The zero-order chi connectivity index (χ0) is 18.7. The lowest BCUT2D eigenvalue weighted by Gasteiger charge is -2.16. The van der Waals surface area contributed by atoms with Gasteiger partial charge in [0.05, 0.1) is 5.56 Å². The molecule has 1 saturated heterocycles. The standard InChI is InChI=1S/C20H25N3O3/c1-3-14(2)21-20(26)19(25)16-12-23(17-9-5-4-8-15(16)17)13-18(24)22-10-6-7-11-22/h4-5,8-9,12,14H,3,6-7,10-11,13H2,1-2H3,(H,21,26)/t14-/m0/s1. The molecular formula is C20H25N3O3. The number of benzene rings is 1. The first-order valence-corrected chi connectivity index (χ1v) is 9.22. The second kappa shape index (κ2) is 7.72. The average molecular weight is 355 g/mol. The van der Waals surface area contributed by atoms with Crippen molar-refractivity contribution in [3.63, 3.8) is 0 Å². The van der Waals surface area contributed by atoms with E-state index >= 15 is 0 Å². The maximum atomic E-state index is 12.6. The third kappa shape index (κ3) is 3.64. The molecule has 1 fully saturated rings. The summed E-state index contributed by atoms with van der Waals surface area (Å²) in [5, 5.41) is 3.41. The second-order valence-electron chi connectivity index (χ2n) is 6.89. The normalized spacial score (nSPS) is 15.2. The summed E-state index contributed by atoms with van der Waals surface area (Å²) in [6.45, 7) is 5.58. The van der Waals surface area contributed by atoms with Crippen molar-refractivity contribution < 1.29 is 14.4 Å². The predicted octanol–water partition coefficient (Wildman–Crippen LogP) is 2.36. The molecule has 0 bridgehead atoms. The van der Waals surface area contributed by atoms with Crippen LogP contribution in [0.5, 0.6) is 0 Å². The van der Waals surface area contributed by atoms with Gasteiger partial charge in [-0.3, -0.25) is 14.4 Å². The SMILES string of the molecule is CC[C@H](C)NC(=O)C(=O)c1cn(CC(=O)N2CCCC2)c2ccccc12. The van der Waals surface area contributed by atoms with E-state index in [4.69, 9.17) is 0 Å². The molecule has 0 aliphatic carbocycles. The van der Waals surface area contributed by atoms with E-state index in [1.165, 1.54) is 0 Å². The van der Waals surface area contributed by atoms with Crippen LogP contribution in [0.3, 0.4) is 0 Å². The number of nitrogens with one attached hydrogen (secondary N) is 1. The van der Waals surface area contributed by atoms with Crippen molar-refractivity contribution in [3.8, 4) is 0 Å². The fraction of sp³-hybridized carbons (Fsp3) is 0.450. The first-order chi connectivity index (χ1) is 12.5. The molecule has 0 spiro atoms. The fourth-order valence-electron chi connectivity index (χ4n) is 3.28. The van der Waals surface area contributed by atoms with Crippen LogP contribution in [0.15, 0.2) is 30.5 Å². The van der Waals surface area contributed by atoms with Crippen molar-refractivity contribution in [1.82, 2.24) is 14.8 Å². The zero-order valence-corrected chi connectivity index (χ0v) is 15.3. The van der Waals surface area contributed by atoms with Gasteiger partial charge in [0.2, 0.25) is 5.91 Å². The molecular weight excluding hydrogens is 330 g/mol. The van der Waals surface area contributed by atoms with Gasteiger partial charge in [0.15, 0.2) is 0 Å². The molecule has 26 heavy (non-hydrogen) atoms. The molecule has 0 unspecified atom stereocenters. The Bertz CT molecular complexity index is 834. The summed E-state index contributed by atoms with van der Waals surface area (Å²) in [6.07, 6.45) is 4.47. The average Bonchev–Trinajstić information content (AvgIpc) is 3.29. The Balaban J connectivity index is 1.88. The van der Waals surface area contributed by atoms with Crippen molar-refractivity contribution >= 4 is 28.5 Å². The highest BCUT2D eigenvalue weighted by atomic mass is 16.2. The van der Waals surface area contributed by atoms with E-state index in [9.17, 15) is 14.4 Å². The number of fused-ring (bicyclic) bond motifs is 1. The Morgan fingerprint density at radius 1 is 1.15 bits per heavy atom. The van der Waals surface area contributed by atoms with E-state index in [2.05, 4.69) is 5.32 Å². The van der Waals surface area contributed by atoms with Crippen molar-refractivity contribution in [1.29, 1.82) is 0 Å². The third-order valence-corrected chi connectivity index (χ3v) is 4.99. The number of likely N-dealkylation sites (tertiary alicyclic amines) is 1. The number of carbonyl (C=O) groups excluding carboxylic acids is 3. The number of para-hydroxylation sites is 1. The third-order valence-electron chi connectivity index (χ3n) is 4.99. The summed E-state index contributed by atoms with van der Waals surface area (Å²) in [4.78, 5) is 39.2. The van der Waals surface area contributed by atoms with Gasteiger partial charge in [-0.2, -0.15) is 0 Å². The molecule has 2 aromatic rings. The van der Waals surface area contributed by atoms with Crippen LogP contribution in [-0.2, 0) is 16.1 Å². The minimum Gasteiger partial charge on any atom is -0.347 e. The van der Waals surface area contributed by atoms with Gasteiger partial charge in [-0.05, 0) is 32.3 Å². The summed E-state index contributed by atoms with van der Waals surface area (Å²) in [5.41, 5.74) is 1.13. The summed E-state index contributed by atoms with van der Waals surface area (Å²) >= 11 is 0. The van der Waals surface area contributed by atoms with Crippen LogP contribution >= 0.6 is 0 Å². The van der Waals surface area contributed by atoms with Gasteiger partial charge in [-0.1, -0.05) is 25.1 Å². The first-order valence-electron chi connectivity index (χ1n) is 9.22. The number of Topliss-reactive ketones (excluding diaryl/α,β-unsaturated/α-hetero) is 1. The molecule has 3 rings (SSSR count). The maximum Gasteiger partial charge on any atom is 0.292 e. The Morgan fingerprint density at radius 2 is 1.85 bits per heavy atom. The van der Waals surface area contributed by atoms with Crippen LogP contribution in [0.1, 0.15) is 43.5 Å². The molecule has 1 aliphatic rings. The number of hydrogen-bond acceptors (Lipinski definition) is 3. The van der Waals surface area contributed by atoms with Gasteiger partial charge in [0, 0.05) is 36.2 Å². The Morgan fingerprint density at radius 3 is 2.54 bits per heavy atom. The minimum absolute atomic E-state index is 0.0475. The van der Waals surface area contributed by atoms with Crippen LogP contribution in [0.25, 0.3) is 10.9 Å². The molecule has 6 nitrogen and oxygen atoms in total. The van der Waals surface area contributed by atoms with Crippen LogP contribution < -0.4 is 5.32 Å². The van der Waals surface area contributed by atoms with Gasteiger partial charge in [-0.15, -0.1) is 0 Å². The van der Waals surface area contributed by atoms with E-state index in [-0.39, 0.29) is 18.5 Å². The molecule has 1 aromatic heterocycles. The van der Waals surface area contributed by atoms with Crippen LogP contribution in [0, 0.1) is 0 Å². The summed E-state index contributed by atoms with van der Waals surface area (Å²) in [6, 6.07) is 7.33. The van der Waals surface area contributed by atoms with E-state index in [1.807, 2.05) is 43.0 Å². The number of aromatic nitrogens is 1. The summed E-state index contributed by atoms with van der Waals surface area (Å²) in [5.74, 6) is -1.12. The minimum atomic E-state index is -0.604. The van der Waals surface area contributed by atoms with Crippen molar-refractivity contribution in [2.75, 3.05) is 13.1 Å². The van der Waals surface area contributed by atoms with Gasteiger partial charge in [0.25, 0.3) is 11.7 Å². The quantitative estimate of drug-likeness (QED) is 0.639. The molecule has 6 heteroatoms. The first kappa shape index (κ1) is 18.2. The highest BCUT2D eigenvalue weighted by molar-refractivity contribution is 6.45. The van der Waals surface area contributed by atoms with Gasteiger partial charge in [-0.25, -0.2) is 0 Å². The number of nitrogens with zero attached hydrogens (tertiary/aromatic N) is 2. The van der Waals surface area contributed by atoms with Crippen molar-refractivity contribution in [2.24, 2.45) is 0 Å². The lowest BCUT2D eigenvalue weighted by atomic mass is 10.1. The van der Waals surface area contributed by atoms with Crippen LogP contribution in [0.4, 0.5) is 0 Å². The fourth-order valence-corrected chi connectivity index (χ4v) is 3.28.